The van der Waals surface area contributed by atoms with E-state index in [1.165, 1.54) is 5.56 Å². The van der Waals surface area contributed by atoms with Gasteiger partial charge in [-0.1, -0.05) is 13.5 Å². The average Bonchev–Trinajstić information content (AvgIpc) is 3.32. The van der Waals surface area contributed by atoms with Crippen LogP contribution in [0.25, 0.3) is 23.0 Å². The molecule has 1 amide bonds. The molecule has 4 heterocycles. The van der Waals surface area contributed by atoms with Crippen LogP contribution < -0.4 is 14.8 Å². The summed E-state index contributed by atoms with van der Waals surface area (Å²) in [7, 11) is 1.63. The van der Waals surface area contributed by atoms with Gasteiger partial charge < -0.3 is 19.2 Å². The van der Waals surface area contributed by atoms with Crippen molar-refractivity contribution in [2.24, 2.45) is 0 Å². The van der Waals surface area contributed by atoms with Crippen molar-refractivity contribution in [2.75, 3.05) is 19.0 Å². The summed E-state index contributed by atoms with van der Waals surface area (Å²) in [6.45, 7) is 5.94. The lowest BCUT2D eigenvalue weighted by Crippen LogP contribution is -2.25. The predicted octanol–water partition coefficient (Wildman–Crippen LogP) is 4.51. The van der Waals surface area contributed by atoms with Crippen LogP contribution >= 0.6 is 0 Å². The van der Waals surface area contributed by atoms with Crippen molar-refractivity contribution in [3.63, 3.8) is 0 Å². The van der Waals surface area contributed by atoms with Gasteiger partial charge in [0.25, 0.3) is 5.91 Å². The van der Waals surface area contributed by atoms with Crippen molar-refractivity contribution in [3.05, 3.63) is 73.0 Å². The fourth-order valence-electron chi connectivity index (χ4n) is 3.26. The van der Waals surface area contributed by atoms with Gasteiger partial charge in [0.15, 0.2) is 12.3 Å². The highest BCUT2D eigenvalue weighted by Gasteiger charge is 2.17. The van der Waals surface area contributed by atoms with Crippen molar-refractivity contribution >= 4 is 23.3 Å². The third kappa shape index (κ3) is 4.44. The smallest absolute Gasteiger partial charge is 0.262 e. The number of nitrogens with one attached hydrogen (secondary N) is 1. The van der Waals surface area contributed by atoms with Crippen LogP contribution in [0.5, 0.6) is 11.6 Å². The number of aryl methyl sites for hydroxylation is 1. The Bertz CT molecular complexity index is 1270. The van der Waals surface area contributed by atoms with Crippen LogP contribution in [0.4, 0.5) is 5.69 Å². The standard InChI is InChI=1S/C16H12N4O2.C8H11NO.2H2/c1-2-11-16-17-5-6-20(16)8-13(18-11)10-3-4-14-12(7-10)19-15(21)9-22-14;1-3-7-4-5-9-8(6-7)10-2;;/h2-8H,1,9H2,(H,19,21);4-6H,3H2,1-2H3;2*1H. The van der Waals surface area contributed by atoms with Gasteiger partial charge in [0, 0.05) is 39.3 Å². The van der Waals surface area contributed by atoms with Crippen LogP contribution in [0, 0.1) is 0 Å². The monoisotopic (exact) mass is 433 g/mol. The second kappa shape index (κ2) is 9.30. The highest BCUT2D eigenvalue weighted by Crippen LogP contribution is 2.32. The van der Waals surface area contributed by atoms with Crippen molar-refractivity contribution in [1.82, 2.24) is 19.4 Å². The molecule has 0 saturated heterocycles. The van der Waals surface area contributed by atoms with Gasteiger partial charge in [0.1, 0.15) is 11.4 Å². The SMILES string of the molecule is C=Cc1nc(-c2ccc3c(c2)NC(=O)CO3)cn2ccnc12.CCc1ccnc(OC)c1.[HH].[HH]. The maximum atomic E-state index is 11.4. The number of hydrogen-bond donors (Lipinski definition) is 1. The molecule has 1 N–H and O–H groups in total. The van der Waals surface area contributed by atoms with E-state index in [9.17, 15) is 4.79 Å². The van der Waals surface area contributed by atoms with E-state index >= 15 is 0 Å². The minimum absolute atomic E-state index is 0. The number of pyridine rings is 1. The predicted molar refractivity (Wildman–Crippen MR) is 127 cm³/mol. The molecule has 0 saturated carbocycles. The summed E-state index contributed by atoms with van der Waals surface area (Å²) >= 11 is 0. The van der Waals surface area contributed by atoms with Crippen LogP contribution in [-0.2, 0) is 11.2 Å². The summed E-state index contributed by atoms with van der Waals surface area (Å²) in [4.78, 5) is 24.3. The summed E-state index contributed by atoms with van der Waals surface area (Å²) in [5.74, 6) is 1.20. The Kier molecular flexibility index (Phi) is 6.12. The topological polar surface area (TPSA) is 90.6 Å². The van der Waals surface area contributed by atoms with Gasteiger partial charge in [-0.25, -0.2) is 15.0 Å². The van der Waals surface area contributed by atoms with E-state index in [1.54, 1.807) is 25.6 Å². The number of rotatable bonds is 4. The third-order valence-electron chi connectivity index (χ3n) is 4.92. The molecule has 1 aliphatic heterocycles. The third-order valence-corrected chi connectivity index (χ3v) is 4.92. The Hall–Kier alpha value is -4.20. The fourth-order valence-corrected chi connectivity index (χ4v) is 3.26. The van der Waals surface area contributed by atoms with E-state index in [-0.39, 0.29) is 15.4 Å². The van der Waals surface area contributed by atoms with Gasteiger partial charge >= 0.3 is 0 Å². The highest BCUT2D eigenvalue weighted by molar-refractivity contribution is 5.96. The number of fused-ring (bicyclic) bond motifs is 2. The molecule has 0 spiro atoms. The van der Waals surface area contributed by atoms with E-state index in [0.29, 0.717) is 23.0 Å². The number of anilines is 1. The Labute approximate surface area is 188 Å². The maximum Gasteiger partial charge on any atom is 0.262 e. The Morgan fingerprint density at radius 2 is 2.16 bits per heavy atom. The molecule has 32 heavy (non-hydrogen) atoms. The highest BCUT2D eigenvalue weighted by atomic mass is 16.5. The number of ether oxygens (including phenoxy) is 2. The molecule has 4 aromatic rings. The Morgan fingerprint density at radius 3 is 2.94 bits per heavy atom. The zero-order valence-corrected chi connectivity index (χ0v) is 17.9. The second-order valence-corrected chi connectivity index (χ2v) is 6.98. The summed E-state index contributed by atoms with van der Waals surface area (Å²) in [5.41, 5.74) is 5.02. The van der Waals surface area contributed by atoms with Gasteiger partial charge in [-0.05, 0) is 42.3 Å². The first kappa shape index (κ1) is 21.0. The number of aromatic nitrogens is 4. The second-order valence-electron chi connectivity index (χ2n) is 6.98. The van der Waals surface area contributed by atoms with Gasteiger partial charge in [0.05, 0.1) is 18.5 Å². The number of benzene rings is 1. The number of methoxy groups -OCH3 is 1. The van der Waals surface area contributed by atoms with E-state index in [1.807, 2.05) is 47.1 Å². The summed E-state index contributed by atoms with van der Waals surface area (Å²) in [6.07, 6.45) is 9.93. The number of amides is 1. The average molecular weight is 434 g/mol. The number of carbonyl (C=O) groups is 1. The first-order valence-corrected chi connectivity index (χ1v) is 10.1. The van der Waals surface area contributed by atoms with Crippen LogP contribution in [0.2, 0.25) is 0 Å². The molecule has 0 atom stereocenters. The molecule has 0 radical (unpaired) electrons. The van der Waals surface area contributed by atoms with E-state index in [0.717, 1.165) is 23.3 Å². The lowest BCUT2D eigenvalue weighted by molar-refractivity contribution is -0.118. The molecule has 0 aliphatic carbocycles. The maximum absolute atomic E-state index is 11.4. The van der Waals surface area contributed by atoms with E-state index in [4.69, 9.17) is 9.47 Å². The zero-order valence-electron chi connectivity index (χ0n) is 17.9. The molecule has 166 valence electrons. The van der Waals surface area contributed by atoms with Gasteiger partial charge in [0.2, 0.25) is 5.88 Å². The summed E-state index contributed by atoms with van der Waals surface area (Å²) in [5, 5.41) is 2.80. The molecule has 0 fully saturated rings. The number of hydrogen-bond acceptors (Lipinski definition) is 6. The van der Waals surface area contributed by atoms with Gasteiger partial charge in [-0.3, -0.25) is 4.79 Å². The van der Waals surface area contributed by atoms with Crippen LogP contribution in [0.3, 0.4) is 0 Å². The van der Waals surface area contributed by atoms with Gasteiger partial charge in [-0.15, -0.1) is 0 Å². The number of nitrogens with zero attached hydrogens (tertiary/aromatic N) is 4. The molecule has 8 nitrogen and oxygen atoms in total. The minimum Gasteiger partial charge on any atom is -0.482 e. The first-order valence-electron chi connectivity index (χ1n) is 10.1. The van der Waals surface area contributed by atoms with Gasteiger partial charge in [-0.2, -0.15) is 0 Å². The van der Waals surface area contributed by atoms with E-state index in [2.05, 4.69) is 33.8 Å². The lowest BCUT2D eigenvalue weighted by atomic mass is 10.1. The molecule has 3 aromatic heterocycles. The molecule has 0 unspecified atom stereocenters. The normalized spacial score (nSPS) is 12.1. The van der Waals surface area contributed by atoms with E-state index < -0.39 is 0 Å². The van der Waals surface area contributed by atoms with Crippen molar-refractivity contribution in [3.8, 4) is 22.9 Å². The quantitative estimate of drug-likeness (QED) is 0.509. The number of imidazole rings is 1. The van der Waals surface area contributed by atoms with Crippen LogP contribution in [0.1, 0.15) is 21.0 Å². The minimum atomic E-state index is -0.158. The fraction of sp³-hybridized carbons (Fsp3) is 0.167. The first-order chi connectivity index (χ1) is 15.6. The molecule has 1 aliphatic rings. The summed E-state index contributed by atoms with van der Waals surface area (Å²) < 4.78 is 12.2. The Balaban J connectivity index is 0.000000292. The molecule has 1 aromatic carbocycles. The molecule has 8 heteroatoms. The number of carbonyl (C=O) groups excluding carboxylic acids is 1. The van der Waals surface area contributed by atoms with Crippen LogP contribution in [0.15, 0.2) is 61.7 Å². The molecular formula is C24H27N5O3. The molecule has 5 rings (SSSR count). The van der Waals surface area contributed by atoms with Crippen molar-refractivity contribution in [2.45, 2.75) is 13.3 Å². The summed E-state index contributed by atoms with van der Waals surface area (Å²) in [6, 6.07) is 9.53. The van der Waals surface area contributed by atoms with Crippen molar-refractivity contribution < 1.29 is 17.1 Å². The lowest BCUT2D eigenvalue weighted by Gasteiger charge is -2.18. The molecular weight excluding hydrogens is 406 g/mol. The van der Waals surface area contributed by atoms with Crippen molar-refractivity contribution in [1.29, 1.82) is 0 Å². The Morgan fingerprint density at radius 1 is 1.28 bits per heavy atom. The molecule has 0 bridgehead atoms. The zero-order chi connectivity index (χ0) is 22.5. The van der Waals surface area contributed by atoms with Crippen LogP contribution in [-0.4, -0.2) is 39.0 Å². The largest absolute Gasteiger partial charge is 0.482 e.